The van der Waals surface area contributed by atoms with Crippen LogP contribution in [0.3, 0.4) is 0 Å². The molecule has 0 aromatic heterocycles. The van der Waals surface area contributed by atoms with Gasteiger partial charge < -0.3 is 5.21 Å². The molecule has 3 nitrogen and oxygen atoms in total. The molecule has 3 aromatic rings. The van der Waals surface area contributed by atoms with Crippen molar-refractivity contribution < 1.29 is 10.0 Å². The SMILES string of the molecule is O=C(c1ccccc1)c1ccccc1C(=NO)c1ccccc1. The number of oxime groups is 1. The van der Waals surface area contributed by atoms with E-state index in [4.69, 9.17) is 0 Å². The number of ketones is 1. The zero-order chi connectivity index (χ0) is 16.1. The summed E-state index contributed by atoms with van der Waals surface area (Å²) < 4.78 is 0. The predicted octanol–water partition coefficient (Wildman–Crippen LogP) is 4.14. The van der Waals surface area contributed by atoms with Gasteiger partial charge in [0, 0.05) is 22.3 Å². The summed E-state index contributed by atoms with van der Waals surface area (Å²) in [5.74, 6) is -0.0988. The Balaban J connectivity index is 2.10. The van der Waals surface area contributed by atoms with Crippen LogP contribution in [0.4, 0.5) is 0 Å². The maximum Gasteiger partial charge on any atom is 0.193 e. The van der Waals surface area contributed by atoms with Crippen molar-refractivity contribution in [1.29, 1.82) is 0 Å². The summed E-state index contributed by atoms with van der Waals surface area (Å²) in [6, 6.07) is 25.5. The summed E-state index contributed by atoms with van der Waals surface area (Å²) in [4.78, 5) is 12.8. The maximum atomic E-state index is 12.8. The molecule has 3 aromatic carbocycles. The molecule has 0 spiro atoms. The Bertz CT molecular complexity index is 840. The van der Waals surface area contributed by atoms with E-state index in [2.05, 4.69) is 5.16 Å². The van der Waals surface area contributed by atoms with Gasteiger partial charge in [-0.3, -0.25) is 4.79 Å². The van der Waals surface area contributed by atoms with Crippen LogP contribution in [0.5, 0.6) is 0 Å². The Hall–Kier alpha value is -3.20. The molecule has 0 saturated carbocycles. The first kappa shape index (κ1) is 14.7. The van der Waals surface area contributed by atoms with E-state index < -0.39 is 0 Å². The molecule has 23 heavy (non-hydrogen) atoms. The molecule has 0 heterocycles. The molecule has 0 radical (unpaired) electrons. The number of hydrogen-bond acceptors (Lipinski definition) is 3. The zero-order valence-corrected chi connectivity index (χ0v) is 12.4. The third kappa shape index (κ3) is 3.04. The predicted molar refractivity (Wildman–Crippen MR) is 90.2 cm³/mol. The molecule has 112 valence electrons. The summed E-state index contributed by atoms with van der Waals surface area (Å²) in [7, 11) is 0. The Kier molecular flexibility index (Phi) is 4.29. The minimum Gasteiger partial charge on any atom is -0.410 e. The first-order valence-electron chi connectivity index (χ1n) is 7.28. The summed E-state index contributed by atoms with van der Waals surface area (Å²) in [5, 5.41) is 12.9. The molecular formula is C20H15NO2. The van der Waals surface area contributed by atoms with Crippen molar-refractivity contribution in [3.63, 3.8) is 0 Å². The summed E-state index contributed by atoms with van der Waals surface area (Å²) in [6.45, 7) is 0. The second-order valence-corrected chi connectivity index (χ2v) is 5.06. The molecule has 0 aliphatic carbocycles. The lowest BCUT2D eigenvalue weighted by molar-refractivity contribution is 0.103. The highest BCUT2D eigenvalue weighted by Crippen LogP contribution is 2.19. The molecule has 0 unspecified atom stereocenters. The highest BCUT2D eigenvalue weighted by molar-refractivity contribution is 6.21. The van der Waals surface area contributed by atoms with Crippen molar-refractivity contribution in [2.24, 2.45) is 5.16 Å². The number of benzene rings is 3. The largest absolute Gasteiger partial charge is 0.410 e. The maximum absolute atomic E-state index is 12.8. The third-order valence-electron chi connectivity index (χ3n) is 3.61. The molecule has 0 aliphatic rings. The van der Waals surface area contributed by atoms with Gasteiger partial charge in [-0.25, -0.2) is 0 Å². The monoisotopic (exact) mass is 301 g/mol. The van der Waals surface area contributed by atoms with Crippen LogP contribution in [0.15, 0.2) is 90.1 Å². The lowest BCUT2D eigenvalue weighted by Gasteiger charge is -2.10. The van der Waals surface area contributed by atoms with Gasteiger partial charge in [-0.15, -0.1) is 0 Å². The summed E-state index contributed by atoms with van der Waals surface area (Å²) in [6.07, 6.45) is 0. The lowest BCUT2D eigenvalue weighted by Crippen LogP contribution is -2.12. The summed E-state index contributed by atoms with van der Waals surface area (Å²) >= 11 is 0. The van der Waals surface area contributed by atoms with E-state index in [-0.39, 0.29) is 5.78 Å². The van der Waals surface area contributed by atoms with Crippen LogP contribution in [0.25, 0.3) is 0 Å². The second-order valence-electron chi connectivity index (χ2n) is 5.06. The van der Waals surface area contributed by atoms with Crippen LogP contribution in [-0.4, -0.2) is 16.7 Å². The first-order valence-corrected chi connectivity index (χ1v) is 7.28. The molecule has 0 saturated heterocycles. The number of carbonyl (C=O) groups excluding carboxylic acids is 1. The molecule has 0 bridgehead atoms. The molecular weight excluding hydrogens is 286 g/mol. The van der Waals surface area contributed by atoms with E-state index in [1.165, 1.54) is 0 Å². The topological polar surface area (TPSA) is 49.7 Å². The Morgan fingerprint density at radius 2 is 1.13 bits per heavy atom. The number of nitrogens with zero attached hydrogens (tertiary/aromatic N) is 1. The first-order chi connectivity index (χ1) is 11.3. The second kappa shape index (κ2) is 6.71. The van der Waals surface area contributed by atoms with Crippen molar-refractivity contribution >= 4 is 11.5 Å². The van der Waals surface area contributed by atoms with Gasteiger partial charge in [0.2, 0.25) is 0 Å². The number of carbonyl (C=O) groups is 1. The standard InChI is InChI=1S/C20H15NO2/c22-20(16-11-5-2-6-12-16)18-14-8-7-13-17(18)19(21-23)15-9-3-1-4-10-15/h1-14,23H. The molecule has 0 aliphatic heterocycles. The molecule has 0 atom stereocenters. The van der Waals surface area contributed by atoms with Crippen LogP contribution in [-0.2, 0) is 0 Å². The van der Waals surface area contributed by atoms with E-state index >= 15 is 0 Å². The molecule has 3 heteroatoms. The van der Waals surface area contributed by atoms with Crippen LogP contribution in [0.2, 0.25) is 0 Å². The van der Waals surface area contributed by atoms with Gasteiger partial charge in [-0.1, -0.05) is 90.1 Å². The third-order valence-corrected chi connectivity index (χ3v) is 3.61. The fourth-order valence-electron chi connectivity index (χ4n) is 2.50. The smallest absolute Gasteiger partial charge is 0.193 e. The highest BCUT2D eigenvalue weighted by atomic mass is 16.4. The minimum atomic E-state index is -0.0988. The highest BCUT2D eigenvalue weighted by Gasteiger charge is 2.18. The van der Waals surface area contributed by atoms with E-state index in [1.807, 2.05) is 54.6 Å². The van der Waals surface area contributed by atoms with Crippen molar-refractivity contribution in [1.82, 2.24) is 0 Å². The summed E-state index contributed by atoms with van der Waals surface area (Å²) in [5.41, 5.74) is 2.85. The van der Waals surface area contributed by atoms with Gasteiger partial charge in [-0.2, -0.15) is 0 Å². The van der Waals surface area contributed by atoms with Gasteiger partial charge in [0.1, 0.15) is 5.71 Å². The molecule has 0 fully saturated rings. The molecule has 3 rings (SSSR count). The van der Waals surface area contributed by atoms with Crippen molar-refractivity contribution in [3.05, 3.63) is 107 Å². The fourth-order valence-corrected chi connectivity index (χ4v) is 2.50. The minimum absolute atomic E-state index is 0.0988. The van der Waals surface area contributed by atoms with E-state index in [1.54, 1.807) is 30.3 Å². The molecule has 1 N–H and O–H groups in total. The van der Waals surface area contributed by atoms with E-state index in [0.717, 1.165) is 5.56 Å². The average molecular weight is 301 g/mol. The van der Waals surface area contributed by atoms with Gasteiger partial charge >= 0.3 is 0 Å². The Morgan fingerprint density at radius 1 is 0.652 bits per heavy atom. The van der Waals surface area contributed by atoms with Crippen molar-refractivity contribution in [3.8, 4) is 0 Å². The van der Waals surface area contributed by atoms with Crippen LogP contribution in [0.1, 0.15) is 27.0 Å². The van der Waals surface area contributed by atoms with Crippen LogP contribution in [0, 0.1) is 0 Å². The quantitative estimate of drug-likeness (QED) is 0.341. The number of hydrogen-bond donors (Lipinski definition) is 1. The lowest BCUT2D eigenvalue weighted by atomic mass is 9.93. The van der Waals surface area contributed by atoms with Crippen LogP contribution < -0.4 is 0 Å². The normalized spacial score (nSPS) is 11.2. The van der Waals surface area contributed by atoms with Crippen molar-refractivity contribution in [2.75, 3.05) is 0 Å². The van der Waals surface area contributed by atoms with Crippen molar-refractivity contribution in [2.45, 2.75) is 0 Å². The van der Waals surface area contributed by atoms with Gasteiger partial charge in [0.05, 0.1) is 0 Å². The van der Waals surface area contributed by atoms with E-state index in [9.17, 15) is 10.0 Å². The van der Waals surface area contributed by atoms with Gasteiger partial charge in [0.25, 0.3) is 0 Å². The average Bonchev–Trinajstić information content (AvgIpc) is 2.64. The Morgan fingerprint density at radius 3 is 1.70 bits per heavy atom. The Labute approximate surface area is 134 Å². The van der Waals surface area contributed by atoms with E-state index in [0.29, 0.717) is 22.4 Å². The fraction of sp³-hybridized carbons (Fsp3) is 0. The molecule has 0 amide bonds. The van der Waals surface area contributed by atoms with Crippen LogP contribution >= 0.6 is 0 Å². The van der Waals surface area contributed by atoms with Gasteiger partial charge in [0.15, 0.2) is 5.78 Å². The zero-order valence-electron chi connectivity index (χ0n) is 12.4. The number of rotatable bonds is 4. The van der Waals surface area contributed by atoms with Gasteiger partial charge in [-0.05, 0) is 0 Å².